The van der Waals surface area contributed by atoms with E-state index in [0.717, 1.165) is 18.4 Å². The topological polar surface area (TPSA) is 104 Å². The molecule has 1 unspecified atom stereocenters. The summed E-state index contributed by atoms with van der Waals surface area (Å²) in [5.41, 5.74) is 1.82. The number of nitrogens with zero attached hydrogens (tertiary/aromatic N) is 2. The van der Waals surface area contributed by atoms with Crippen LogP contribution in [0.4, 0.5) is 5.69 Å². The van der Waals surface area contributed by atoms with Crippen LogP contribution in [0.2, 0.25) is 10.0 Å². The highest BCUT2D eigenvalue weighted by Gasteiger charge is 2.34. The number of piperidine rings is 1. The van der Waals surface area contributed by atoms with Gasteiger partial charge in [-0.05, 0) is 30.4 Å². The summed E-state index contributed by atoms with van der Waals surface area (Å²) in [6.07, 6.45) is 3.25. The van der Waals surface area contributed by atoms with Gasteiger partial charge < -0.3 is 19.4 Å². The van der Waals surface area contributed by atoms with E-state index in [2.05, 4.69) is 9.71 Å². The Morgan fingerprint density at radius 2 is 2.09 bits per heavy atom. The molecule has 1 aromatic heterocycles. The van der Waals surface area contributed by atoms with Gasteiger partial charge in [0.1, 0.15) is 6.61 Å². The second-order valence-electron chi connectivity index (χ2n) is 8.07. The van der Waals surface area contributed by atoms with Crippen LogP contribution >= 0.6 is 23.2 Å². The van der Waals surface area contributed by atoms with Gasteiger partial charge in [0.05, 0.1) is 34.5 Å². The number of ether oxygens (including phenoxy) is 2. The standard InChI is InChI=1S/C20H26Cl2N4O5S/c1-30-5-6-31-12-17(27)25-4-2-3-13(9-25)10-26-11-14-7-15(21)18-16(22)8-23-20(18)19(14)24-32(26,28)29/h7-8,13,23-24H,2-6,9-12H2,1H3. The predicted molar refractivity (Wildman–Crippen MR) is 123 cm³/mol. The number of aromatic nitrogens is 1. The van der Waals surface area contributed by atoms with Gasteiger partial charge in [-0.3, -0.25) is 9.52 Å². The number of benzene rings is 1. The van der Waals surface area contributed by atoms with Gasteiger partial charge in [-0.1, -0.05) is 23.2 Å². The van der Waals surface area contributed by atoms with E-state index in [9.17, 15) is 13.2 Å². The van der Waals surface area contributed by atoms with Crippen molar-refractivity contribution in [1.82, 2.24) is 14.2 Å². The van der Waals surface area contributed by atoms with Crippen LogP contribution in [0.15, 0.2) is 12.3 Å². The number of fused-ring (bicyclic) bond motifs is 3. The number of aromatic amines is 1. The summed E-state index contributed by atoms with van der Waals surface area (Å²) in [5, 5.41) is 1.50. The zero-order valence-corrected chi connectivity index (χ0v) is 20.0. The van der Waals surface area contributed by atoms with E-state index in [4.69, 9.17) is 32.7 Å². The minimum absolute atomic E-state index is 0.000226. The summed E-state index contributed by atoms with van der Waals surface area (Å²) >= 11 is 12.6. The van der Waals surface area contributed by atoms with Crippen LogP contribution < -0.4 is 4.72 Å². The lowest BCUT2D eigenvalue weighted by molar-refractivity contribution is -0.138. The minimum Gasteiger partial charge on any atom is -0.382 e. The van der Waals surface area contributed by atoms with Crippen molar-refractivity contribution in [3.05, 3.63) is 27.9 Å². The summed E-state index contributed by atoms with van der Waals surface area (Å²) in [6, 6.07) is 1.75. The third-order valence-corrected chi connectivity index (χ3v) is 7.87. The average Bonchev–Trinajstić information content (AvgIpc) is 3.15. The third kappa shape index (κ3) is 4.85. The first kappa shape index (κ1) is 23.6. The number of amides is 1. The van der Waals surface area contributed by atoms with E-state index in [1.54, 1.807) is 24.3 Å². The Morgan fingerprint density at radius 1 is 1.28 bits per heavy atom. The van der Waals surface area contributed by atoms with E-state index >= 15 is 0 Å². The molecule has 3 heterocycles. The van der Waals surface area contributed by atoms with Crippen LogP contribution in [0.25, 0.3) is 10.9 Å². The van der Waals surface area contributed by atoms with Gasteiger partial charge in [-0.2, -0.15) is 12.7 Å². The monoisotopic (exact) mass is 504 g/mol. The lowest BCUT2D eigenvalue weighted by Gasteiger charge is -2.37. The maximum Gasteiger partial charge on any atom is 0.302 e. The molecular formula is C20H26Cl2N4O5S. The van der Waals surface area contributed by atoms with Crippen LogP contribution in [0.1, 0.15) is 18.4 Å². The summed E-state index contributed by atoms with van der Waals surface area (Å²) in [5.74, 6) is -0.0579. The Bertz CT molecular complexity index is 1110. The number of H-pyrrole nitrogens is 1. The summed E-state index contributed by atoms with van der Waals surface area (Å²) in [7, 11) is -2.18. The summed E-state index contributed by atoms with van der Waals surface area (Å²) < 4.78 is 40.3. The Morgan fingerprint density at radius 3 is 2.88 bits per heavy atom. The highest BCUT2D eigenvalue weighted by atomic mass is 35.5. The second kappa shape index (κ2) is 9.74. The van der Waals surface area contributed by atoms with Crippen LogP contribution in [0, 0.1) is 5.92 Å². The zero-order chi connectivity index (χ0) is 22.9. The number of anilines is 1. The molecular weight excluding hydrogens is 479 g/mol. The quantitative estimate of drug-likeness (QED) is 0.564. The van der Waals surface area contributed by atoms with Crippen molar-refractivity contribution in [3.63, 3.8) is 0 Å². The molecule has 1 amide bonds. The molecule has 0 aliphatic carbocycles. The molecule has 0 radical (unpaired) electrons. The molecule has 1 saturated heterocycles. The average molecular weight is 505 g/mol. The number of halogens is 2. The number of carbonyl (C=O) groups excluding carboxylic acids is 1. The molecule has 1 atom stereocenters. The molecule has 2 N–H and O–H groups in total. The number of nitrogens with one attached hydrogen (secondary N) is 2. The molecule has 0 saturated carbocycles. The molecule has 9 nitrogen and oxygen atoms in total. The molecule has 4 rings (SSSR count). The van der Waals surface area contributed by atoms with E-state index in [1.165, 1.54) is 4.31 Å². The van der Waals surface area contributed by atoms with Crippen molar-refractivity contribution in [1.29, 1.82) is 0 Å². The van der Waals surface area contributed by atoms with E-state index < -0.39 is 10.2 Å². The van der Waals surface area contributed by atoms with Crippen molar-refractivity contribution in [2.75, 3.05) is 51.3 Å². The lowest BCUT2D eigenvalue weighted by atomic mass is 9.97. The molecule has 2 aromatic rings. The molecule has 0 bridgehead atoms. The van der Waals surface area contributed by atoms with Gasteiger partial charge in [0.15, 0.2) is 0 Å². The Kier molecular flexibility index (Phi) is 7.18. The number of hydrogen-bond acceptors (Lipinski definition) is 5. The zero-order valence-electron chi connectivity index (χ0n) is 17.7. The van der Waals surface area contributed by atoms with Crippen LogP contribution in [0.5, 0.6) is 0 Å². The third-order valence-electron chi connectivity index (χ3n) is 5.85. The highest BCUT2D eigenvalue weighted by molar-refractivity contribution is 7.90. The van der Waals surface area contributed by atoms with Crippen LogP contribution in [-0.4, -0.2) is 75.1 Å². The van der Waals surface area contributed by atoms with Gasteiger partial charge in [-0.15, -0.1) is 0 Å². The first-order valence-electron chi connectivity index (χ1n) is 10.4. The number of hydrogen-bond donors (Lipinski definition) is 2. The lowest BCUT2D eigenvalue weighted by Crippen LogP contribution is -2.48. The fourth-order valence-corrected chi connectivity index (χ4v) is 6.25. The van der Waals surface area contributed by atoms with Gasteiger partial charge in [-0.25, -0.2) is 0 Å². The first-order chi connectivity index (χ1) is 15.3. The van der Waals surface area contributed by atoms with Gasteiger partial charge in [0.25, 0.3) is 0 Å². The van der Waals surface area contributed by atoms with Gasteiger partial charge >= 0.3 is 10.2 Å². The molecule has 176 valence electrons. The van der Waals surface area contributed by atoms with Crippen molar-refractivity contribution in [2.24, 2.45) is 5.92 Å². The van der Waals surface area contributed by atoms with Crippen molar-refractivity contribution in [2.45, 2.75) is 19.4 Å². The number of carbonyl (C=O) groups is 1. The van der Waals surface area contributed by atoms with Crippen LogP contribution in [-0.2, 0) is 31.0 Å². The van der Waals surface area contributed by atoms with E-state index in [-0.39, 0.29) is 25.0 Å². The molecule has 32 heavy (non-hydrogen) atoms. The first-order valence-corrected chi connectivity index (χ1v) is 12.6. The predicted octanol–water partition coefficient (Wildman–Crippen LogP) is 2.85. The molecule has 0 spiro atoms. The Hall–Kier alpha value is -1.56. The molecule has 2 aliphatic rings. The largest absolute Gasteiger partial charge is 0.382 e. The smallest absolute Gasteiger partial charge is 0.302 e. The van der Waals surface area contributed by atoms with Crippen molar-refractivity contribution < 1.29 is 22.7 Å². The van der Waals surface area contributed by atoms with Crippen molar-refractivity contribution >= 4 is 55.9 Å². The van der Waals surface area contributed by atoms with E-state index in [1.807, 2.05) is 0 Å². The highest BCUT2D eigenvalue weighted by Crippen LogP contribution is 2.40. The minimum atomic E-state index is -3.75. The fourth-order valence-electron chi connectivity index (χ4n) is 4.28. The van der Waals surface area contributed by atoms with E-state index in [0.29, 0.717) is 59.5 Å². The summed E-state index contributed by atoms with van der Waals surface area (Å²) in [6.45, 7) is 2.45. The molecule has 2 aliphatic heterocycles. The summed E-state index contributed by atoms with van der Waals surface area (Å²) in [4.78, 5) is 17.2. The normalized spacial score (nSPS) is 20.8. The van der Waals surface area contributed by atoms with Gasteiger partial charge in [0, 0.05) is 44.9 Å². The molecule has 12 heteroatoms. The number of rotatable bonds is 7. The Labute approximate surface area is 197 Å². The second-order valence-corrected chi connectivity index (χ2v) is 10.6. The fraction of sp³-hybridized carbons (Fsp3) is 0.550. The van der Waals surface area contributed by atoms with Gasteiger partial charge in [0.2, 0.25) is 5.91 Å². The van der Waals surface area contributed by atoms with Crippen LogP contribution in [0.3, 0.4) is 0 Å². The SMILES string of the molecule is COCCOCC(=O)N1CCCC(CN2Cc3cc(Cl)c4c(Cl)c[nH]c4c3NS2(=O)=O)C1. The maximum absolute atomic E-state index is 13.0. The molecule has 1 aromatic carbocycles. The maximum atomic E-state index is 13.0. The number of methoxy groups -OCH3 is 1. The van der Waals surface area contributed by atoms with Crippen molar-refractivity contribution in [3.8, 4) is 0 Å². The Balaban J connectivity index is 1.45. The molecule has 1 fully saturated rings. The number of likely N-dealkylation sites (tertiary alicyclic amines) is 1.